The number of hydrogen-bond acceptors (Lipinski definition) is 54. The van der Waals surface area contributed by atoms with Crippen LogP contribution in [0.1, 0.15) is 6.92 Å². The Morgan fingerprint density at radius 1 is 0.346 bits per heavy atom. The Labute approximate surface area is 725 Å². The molecule has 9 aliphatic heterocycles. The van der Waals surface area contributed by atoms with E-state index in [1.54, 1.807) is 0 Å². The second-order valence-corrected chi connectivity index (χ2v) is 37.9. The quantitative estimate of drug-likeness (QED) is 0.0253. The molecule has 0 aromatic carbocycles. The minimum atomic E-state index is -6.44. The van der Waals surface area contributed by atoms with Gasteiger partial charge in [-0.05, 0) is 6.08 Å². The molecule has 26 N–H and O–H groups in total. The fraction of sp³-hybridized carbons (Fsp3) is 0.860. The first kappa shape index (κ1) is 108. The zero-order chi connectivity index (χ0) is 97.8. The van der Waals surface area contributed by atoms with Crippen molar-refractivity contribution in [2.75, 3.05) is 26.4 Å². The lowest BCUT2D eigenvalue weighted by Crippen LogP contribution is -2.71. The molecule has 0 unspecified atom stereocenters. The number of aliphatic carboxylic acids is 4. The third kappa shape index (κ3) is 28.7. The van der Waals surface area contributed by atoms with Crippen molar-refractivity contribution in [3.63, 3.8) is 0 Å². The number of aliphatic hydroxyl groups excluding tert-OH is 9. The number of ether oxygens (including phenoxy) is 16. The van der Waals surface area contributed by atoms with Gasteiger partial charge < -0.3 is 147 Å². The molecule has 9 heterocycles. The first-order valence-corrected chi connectivity index (χ1v) is 47.4. The first-order chi connectivity index (χ1) is 59.4. The van der Waals surface area contributed by atoms with Crippen LogP contribution in [0, 0.1) is 0 Å². The highest BCUT2D eigenvalue weighted by atomic mass is 32.3. The highest BCUT2D eigenvalue weighted by Crippen LogP contribution is 2.42. The van der Waals surface area contributed by atoms with Crippen LogP contribution in [-0.4, -0.2) is 473 Å². The van der Waals surface area contributed by atoms with E-state index in [1.807, 2.05) is 5.32 Å². The van der Waals surface area contributed by atoms with Gasteiger partial charge in [0.25, 0.3) is 0 Å². The van der Waals surface area contributed by atoms with Crippen LogP contribution in [0.15, 0.2) is 11.8 Å². The largest absolute Gasteiger partial charge is 0.479 e. The second kappa shape index (κ2) is 41.6. The second-order valence-electron chi connectivity index (χ2n) is 27.9. The Hall–Kier alpha value is -5.24. The molecule has 752 valence electrons. The molecule has 0 spiro atoms. The van der Waals surface area contributed by atoms with Crippen molar-refractivity contribution in [2.24, 2.45) is 0 Å². The number of carbonyl (C=O) groups is 5. The van der Waals surface area contributed by atoms with E-state index in [9.17, 15) is 207 Å². The van der Waals surface area contributed by atoms with Crippen molar-refractivity contribution in [2.45, 2.75) is 240 Å². The predicted octanol–water partition coefficient (Wildman–Crippen LogP) is -18.6. The molecule has 0 aromatic heterocycles. The number of fused-ring (bicyclic) bond motifs is 2. The van der Waals surface area contributed by atoms with Gasteiger partial charge in [0.05, 0.1) is 26.4 Å². The van der Waals surface area contributed by atoms with Crippen LogP contribution in [0.2, 0.25) is 0 Å². The van der Waals surface area contributed by atoms with Crippen LogP contribution in [0.25, 0.3) is 0 Å². The normalized spacial score (nSPS) is 40.4. The third-order valence-electron chi connectivity index (χ3n) is 18.9. The summed E-state index contributed by atoms with van der Waals surface area (Å²) in [6, 6.07) is -10.8. The SMILES string of the molecule is CC(=O)N[C@H]1[C@@H](O[C@H]2[C@H](O)[C@@H](O)[C@H](O[C@H]3[C@H](OS(=O)(=O)O)[C@@H](NS(=O)(=O)O)[C@@H](O[C@H]4[C@H](O)[C@@H](OS(=O)(=O)O)[C@H](O[C@H]5[C@H](O)[C@H](NS(=O)(=O)O)[C@H]6OC[C@H]5O6)O[C@H]4C(=O)O)O[C@@H]3COS(=O)(=O)O)O[C@@H]2C(=O)O)O[C@H](COS(=O)(=O)O)[C@@H](O[C@@H]2O[C@@H](C(=O)O)[C@@H](O[C@H]3O[C@H](COS(=O)(=O)O)[C@@H](O[C@@H]4OC(C(=O)O)=C[C@H](O)[C@H]4OS(=O)(=O)O)[C@H](O)[C@H]3NS(=O)(=O)O)[C@H](O)[C@H]2O)[C@@H]1O. The maximum absolute atomic E-state index is 13.4. The van der Waals surface area contributed by atoms with Crippen molar-refractivity contribution >= 4 is 123 Å². The standard InChI is InChI=1S/C50H76N4O67S9/c1-7(55)51-14-18(57)28(109-47-23(62)21(60)33(37(116-47)41(69)70)114-45-16(53-123(76,77)78)20(59)29(12(107-45)5-102-126(85,86)87)110-49-26(119-128(91,92)93)8(56)2-9(104-49)39(65)66)11(4-101-125(82,83)84)106-44(14)113-32-22(61)24(63)48(117-36(32)40(67)68)112-30-13(6-103-127(88,89)90)108-46(17(54-124(79,80)81)31(30)120-129(94,95)96)115-34-25(64)35(121-130(97,98)99)50(118-38(34)42(71)72)111-27-10-3-100-43(105-10)15(19(27)58)52-122(73,74)75/h2,8,10-38,43-50,52-54,56-64H,3-6H2,1H3,(H,51,55)(H,65,66)(H,67,68)(H,69,70)(H,71,72)(H,73,74,75)(H,76,77,78)(H,79,80,81)(H,82,83,84)(H,85,86,87)(H,88,89,90)(H,91,92,93)(H,94,95,96)(H,97,98,99)/t8-,10+,11+,12+,13+,14+,15-,16+,17+,18+,19+,20+,21+,22+,23+,24+,25-,26+,27+,28+,29+,30+,31+,32-,33-,34-,35+,36-,37+,38+,43-,44+,45+,46+,47+,48+,49-,50+/m0/s1. The topological polar surface area (TPSA) is 1090 Å². The van der Waals surface area contributed by atoms with Crippen LogP contribution in [-0.2, 0) is 218 Å². The molecular weight excluding hydrogens is 2020 g/mol. The van der Waals surface area contributed by atoms with E-state index < -0.39 is 388 Å². The molecule has 9 rings (SSSR count). The van der Waals surface area contributed by atoms with E-state index >= 15 is 0 Å². The van der Waals surface area contributed by atoms with Gasteiger partial charge in [0.1, 0.15) is 152 Å². The van der Waals surface area contributed by atoms with Gasteiger partial charge in [-0.1, -0.05) is 0 Å². The number of carboxylic acids is 4. The van der Waals surface area contributed by atoms with Crippen LogP contribution >= 0.6 is 0 Å². The van der Waals surface area contributed by atoms with Crippen molar-refractivity contribution in [1.82, 2.24) is 19.5 Å². The lowest BCUT2D eigenvalue weighted by molar-refractivity contribution is -0.379. The average molecular weight is 2090 g/mol. The number of hydrogen-bond donors (Lipinski definition) is 26. The summed E-state index contributed by atoms with van der Waals surface area (Å²) in [4.78, 5) is 64.5. The molecule has 2 bridgehead atoms. The maximum Gasteiger partial charge on any atom is 0.397 e. The monoisotopic (exact) mass is 2090 g/mol. The molecule has 0 aromatic rings. The molecule has 80 heteroatoms. The molecule has 0 aliphatic carbocycles. The molecule has 8 saturated heterocycles. The van der Waals surface area contributed by atoms with Crippen LogP contribution in [0.3, 0.4) is 0 Å². The summed E-state index contributed by atoms with van der Waals surface area (Å²) in [6.07, 6.45) is -97.3. The Balaban J connectivity index is 0.999. The predicted molar refractivity (Wildman–Crippen MR) is 373 cm³/mol. The minimum Gasteiger partial charge on any atom is -0.479 e. The fourth-order valence-corrected chi connectivity index (χ4v) is 18.0. The van der Waals surface area contributed by atoms with E-state index in [0.29, 0.717) is 6.92 Å². The lowest BCUT2D eigenvalue weighted by atomic mass is 9.93. The number of rotatable bonds is 40. The van der Waals surface area contributed by atoms with E-state index in [0.717, 1.165) is 4.72 Å². The highest BCUT2D eigenvalue weighted by molar-refractivity contribution is 7.84. The zero-order valence-corrected chi connectivity index (χ0v) is 70.6. The van der Waals surface area contributed by atoms with Crippen molar-refractivity contribution < 1.29 is 308 Å². The van der Waals surface area contributed by atoms with Crippen LogP contribution in [0.4, 0.5) is 0 Å². The Morgan fingerprint density at radius 3 is 1.09 bits per heavy atom. The van der Waals surface area contributed by atoms with E-state index in [2.05, 4.69) is 25.1 Å². The Kier molecular flexibility index (Phi) is 34.7. The molecule has 0 saturated carbocycles. The molecule has 71 nitrogen and oxygen atoms in total. The molecule has 9 aliphatic rings. The van der Waals surface area contributed by atoms with Crippen molar-refractivity contribution in [3.8, 4) is 0 Å². The van der Waals surface area contributed by atoms with E-state index in [1.165, 1.54) is 9.44 Å². The van der Waals surface area contributed by atoms with Crippen molar-refractivity contribution in [3.05, 3.63) is 11.8 Å². The number of aliphatic hydroxyl groups is 9. The van der Waals surface area contributed by atoms with Crippen LogP contribution < -0.4 is 19.5 Å². The van der Waals surface area contributed by atoms with Gasteiger partial charge in [-0.25, -0.2) is 44.3 Å². The number of amides is 1. The smallest absolute Gasteiger partial charge is 0.397 e. The summed E-state index contributed by atoms with van der Waals surface area (Å²) >= 11 is 0. The van der Waals surface area contributed by atoms with E-state index in [4.69, 9.17) is 75.8 Å². The fourth-order valence-electron chi connectivity index (χ4n) is 13.9. The van der Waals surface area contributed by atoms with Gasteiger partial charge in [0, 0.05) is 6.92 Å². The summed E-state index contributed by atoms with van der Waals surface area (Å²) in [5.74, 6) is -12.2. The Morgan fingerprint density at radius 2 is 0.685 bits per heavy atom. The van der Waals surface area contributed by atoms with Gasteiger partial charge in [-0.3, -0.25) is 45.8 Å². The summed E-state index contributed by atoms with van der Waals surface area (Å²) in [5.41, 5.74) is 0. The lowest BCUT2D eigenvalue weighted by Gasteiger charge is -2.50. The van der Waals surface area contributed by atoms with Gasteiger partial charge in [0.2, 0.25) is 18.0 Å². The maximum atomic E-state index is 13.4. The number of nitrogens with one attached hydrogen (secondary N) is 4. The molecule has 8 fully saturated rings. The van der Waals surface area contributed by atoms with Gasteiger partial charge in [-0.15, -0.1) is 0 Å². The number of carboxylic acid groups (broad SMARTS) is 4. The minimum absolute atomic E-state index is 0.228. The number of carbonyl (C=O) groups excluding carboxylic acids is 1. The molecule has 0 radical (unpaired) electrons. The molecule has 1 amide bonds. The third-order valence-corrected chi connectivity index (χ3v) is 23.3. The van der Waals surface area contributed by atoms with Crippen molar-refractivity contribution in [1.29, 1.82) is 0 Å². The van der Waals surface area contributed by atoms with Gasteiger partial charge >= 0.3 is 117 Å². The van der Waals surface area contributed by atoms with E-state index in [-0.39, 0.29) is 6.08 Å². The first-order valence-electron chi connectivity index (χ1n) is 34.9. The summed E-state index contributed by atoms with van der Waals surface area (Å²) in [7, 11) is -53.3. The van der Waals surface area contributed by atoms with Crippen LogP contribution in [0.5, 0.6) is 0 Å². The summed E-state index contributed by atoms with van der Waals surface area (Å²) in [6.45, 7) is -5.77. The summed E-state index contributed by atoms with van der Waals surface area (Å²) in [5, 5.41) is 148. The molecule has 130 heavy (non-hydrogen) atoms. The van der Waals surface area contributed by atoms with Gasteiger partial charge in [0.15, 0.2) is 74.6 Å². The highest BCUT2D eigenvalue weighted by Gasteiger charge is 2.64. The molecule has 38 atom stereocenters. The zero-order valence-electron chi connectivity index (χ0n) is 63.2. The van der Waals surface area contributed by atoms with Gasteiger partial charge in [-0.2, -0.15) is 89.9 Å². The average Bonchev–Trinajstić information content (AvgIpc) is 0.887. The summed E-state index contributed by atoms with van der Waals surface area (Å²) < 4.78 is 426. The Bertz CT molecular complexity index is 5190. The molecular formula is C50H76N4O67S9.